The van der Waals surface area contributed by atoms with E-state index in [1.807, 2.05) is 0 Å². The van der Waals surface area contributed by atoms with E-state index < -0.39 is 12.8 Å². The number of rotatable bonds is 0. The first-order valence-electron chi connectivity index (χ1n) is 0.456. The molecule has 0 amide bonds. The van der Waals surface area contributed by atoms with Gasteiger partial charge in [-0.3, -0.25) is 0 Å². The number of hydrogen-bond donors (Lipinski definition) is 0. The molecule has 1 nitrogen and oxygen atoms in total. The molecule has 6 heavy (non-hydrogen) atoms. The van der Waals surface area contributed by atoms with Crippen LogP contribution in [0.4, 0.5) is 0 Å². The average Bonchev–Trinajstić information content (AvgIpc) is 0.722. The van der Waals surface area contributed by atoms with Crippen LogP contribution in [-0.4, -0.2) is 5.48 Å². The summed E-state index contributed by atoms with van der Waals surface area (Å²) in [6, 6.07) is 0. The van der Waals surface area contributed by atoms with E-state index in [-0.39, 0.29) is 5.48 Å². The minimum absolute atomic E-state index is 0. The monoisotopic (exact) mass is 355 g/mol. The summed E-state index contributed by atoms with van der Waals surface area (Å²) in [6.07, 6.45) is 0. The van der Waals surface area contributed by atoms with Crippen molar-refractivity contribution in [1.82, 2.24) is 0 Å². The van der Waals surface area contributed by atoms with Gasteiger partial charge in [-0.05, 0) is 0 Å². The van der Waals surface area contributed by atoms with Crippen LogP contribution in [0.25, 0.3) is 0 Å². The first-order valence-corrected chi connectivity index (χ1v) is 11.2. The van der Waals surface area contributed by atoms with Gasteiger partial charge in [0.05, 0.1) is 0 Å². The van der Waals surface area contributed by atoms with Crippen LogP contribution in [0.1, 0.15) is 0 Å². The normalized spacial score (nSPS) is 12.7. The van der Waals surface area contributed by atoms with Gasteiger partial charge in [0.1, 0.15) is 0 Å². The van der Waals surface area contributed by atoms with Crippen molar-refractivity contribution in [3.05, 3.63) is 0 Å². The van der Waals surface area contributed by atoms with E-state index in [2.05, 4.69) is 0 Å². The maximum atomic E-state index is 5.00. The van der Waals surface area contributed by atoms with Crippen molar-refractivity contribution in [1.29, 1.82) is 0 Å². The molecule has 0 aliphatic heterocycles. The molecule has 0 saturated heterocycles. The van der Waals surface area contributed by atoms with Gasteiger partial charge in [-0.25, -0.2) is 0 Å². The van der Waals surface area contributed by atoms with Crippen LogP contribution in [0.2, 0.25) is 0 Å². The maximum absolute atomic E-state index is 5.00. The van der Waals surface area contributed by atoms with Gasteiger partial charge in [0.25, 0.3) is 0 Å². The molecule has 0 aromatic rings. The molecule has 0 atom stereocenters. The van der Waals surface area contributed by atoms with Gasteiger partial charge in [-0.2, -0.15) is 0 Å². The Bertz CT molecular complexity index is 23.0. The second kappa shape index (κ2) is 3.81. The molecule has 0 aromatic heterocycles. The molecule has 0 aliphatic rings. The molecule has 0 saturated carbocycles. The van der Waals surface area contributed by atoms with Crippen molar-refractivity contribution in [2.75, 3.05) is 0 Å². The van der Waals surface area contributed by atoms with Crippen LogP contribution in [0.3, 0.4) is 0 Å². The second-order valence-corrected chi connectivity index (χ2v) is 19.0. The SMILES string of the molecule is O.[Cl][Au]([Cl])([Cl])[Cl]. The molecular formula is H2AuCl4O. The molecule has 0 fully saturated rings. The Morgan fingerprint density at radius 3 is 0.833 bits per heavy atom. The summed E-state index contributed by atoms with van der Waals surface area (Å²) < 4.78 is 0. The van der Waals surface area contributed by atoms with Crippen molar-refractivity contribution < 1.29 is 18.3 Å². The molecule has 2 N–H and O–H groups in total. The van der Waals surface area contributed by atoms with Crippen LogP contribution in [0.15, 0.2) is 0 Å². The summed E-state index contributed by atoms with van der Waals surface area (Å²) in [5.74, 6) is 0. The van der Waals surface area contributed by atoms with Gasteiger partial charge in [-0.1, -0.05) is 0 Å². The third-order valence-corrected chi connectivity index (χ3v) is 0. The standard InChI is InChI=1S/Au.4ClH.H2O/h;4*1H;1H2/q+4;;;;;/p-4. The fourth-order valence-corrected chi connectivity index (χ4v) is 0. The molecule has 0 heterocycles. The van der Waals surface area contributed by atoms with Crippen molar-refractivity contribution in [3.63, 3.8) is 0 Å². The van der Waals surface area contributed by atoms with Gasteiger partial charge >= 0.3 is 49.6 Å². The Morgan fingerprint density at radius 2 is 0.833 bits per heavy atom. The molecule has 0 unspecified atom stereocenters. The van der Waals surface area contributed by atoms with E-state index in [4.69, 9.17) is 36.8 Å². The molecule has 0 radical (unpaired) electrons. The summed E-state index contributed by atoms with van der Waals surface area (Å²) in [4.78, 5) is 0. The Kier molecular flexibility index (Phi) is 6.85. The summed E-state index contributed by atoms with van der Waals surface area (Å²) in [6.45, 7) is 0. The number of halogens is 4. The molecule has 6 heteroatoms. The van der Waals surface area contributed by atoms with E-state index in [0.717, 1.165) is 0 Å². The van der Waals surface area contributed by atoms with Gasteiger partial charge in [0.2, 0.25) is 0 Å². The van der Waals surface area contributed by atoms with Gasteiger partial charge in [0, 0.05) is 0 Å². The van der Waals surface area contributed by atoms with Crippen LogP contribution in [0, 0.1) is 0 Å². The number of hydrogen-bond acceptors (Lipinski definition) is 0. The predicted molar refractivity (Wildman–Crippen MR) is 27.0 cm³/mol. The van der Waals surface area contributed by atoms with Crippen LogP contribution in [0.5, 0.6) is 0 Å². The van der Waals surface area contributed by atoms with Crippen molar-refractivity contribution >= 4 is 36.8 Å². The van der Waals surface area contributed by atoms with Crippen molar-refractivity contribution in [2.24, 2.45) is 0 Å². The van der Waals surface area contributed by atoms with Crippen molar-refractivity contribution in [3.8, 4) is 0 Å². The van der Waals surface area contributed by atoms with Crippen molar-refractivity contribution in [2.45, 2.75) is 0 Å². The molecule has 0 aromatic carbocycles. The van der Waals surface area contributed by atoms with E-state index in [9.17, 15) is 0 Å². The molecule has 0 bridgehead atoms. The van der Waals surface area contributed by atoms with Gasteiger partial charge < -0.3 is 5.48 Å². The zero-order valence-corrected chi connectivity index (χ0v) is 7.50. The topological polar surface area (TPSA) is 31.5 Å². The molecule has 0 rings (SSSR count). The third-order valence-electron chi connectivity index (χ3n) is 0. The fraction of sp³-hybridized carbons (Fsp3) is 0. The molecule has 0 spiro atoms. The summed E-state index contributed by atoms with van der Waals surface area (Å²) in [5, 5.41) is 0. The Labute approximate surface area is 54.6 Å². The van der Waals surface area contributed by atoms with E-state index in [1.165, 1.54) is 0 Å². The summed E-state index contributed by atoms with van der Waals surface area (Å²) in [7, 11) is 20.0. The zero-order chi connectivity index (χ0) is 4.50. The van der Waals surface area contributed by atoms with Crippen LogP contribution in [-0.2, 0) is 12.8 Å². The second-order valence-electron chi connectivity index (χ2n) is 0.258. The third kappa shape index (κ3) is 40.0. The van der Waals surface area contributed by atoms with Gasteiger partial charge in [-0.15, -0.1) is 0 Å². The minimum atomic E-state index is -3.00. The summed E-state index contributed by atoms with van der Waals surface area (Å²) in [5.41, 5.74) is 0. The average molecular weight is 357 g/mol. The first kappa shape index (κ1) is 10.8. The van der Waals surface area contributed by atoms with Crippen LogP contribution >= 0.6 is 36.8 Å². The van der Waals surface area contributed by atoms with E-state index in [0.29, 0.717) is 0 Å². The molecule has 47 valence electrons. The Balaban J connectivity index is 0. The zero-order valence-electron chi connectivity index (χ0n) is 2.31. The fourth-order valence-electron chi connectivity index (χ4n) is 0. The first-order chi connectivity index (χ1) is 2.00. The Hall–Kier alpha value is 1.86. The predicted octanol–water partition coefficient (Wildman–Crippen LogP) is 1.93. The Morgan fingerprint density at radius 1 is 0.833 bits per heavy atom. The van der Waals surface area contributed by atoms with E-state index in [1.54, 1.807) is 0 Å². The molecular weight excluding hydrogens is 355 g/mol. The quantitative estimate of drug-likeness (QED) is 0.594. The summed E-state index contributed by atoms with van der Waals surface area (Å²) >= 11 is -3.00. The molecule has 0 aliphatic carbocycles. The van der Waals surface area contributed by atoms with Crippen LogP contribution < -0.4 is 0 Å². The van der Waals surface area contributed by atoms with Gasteiger partial charge in [0.15, 0.2) is 0 Å². The van der Waals surface area contributed by atoms with E-state index >= 15 is 0 Å².